The van der Waals surface area contributed by atoms with Crippen molar-refractivity contribution in [3.05, 3.63) is 55.4 Å². The molecular weight excluding hydrogens is 315 g/mol. The predicted molar refractivity (Wildman–Crippen MR) is 77.1 cm³/mol. The van der Waals surface area contributed by atoms with E-state index in [0.29, 0.717) is 0 Å². The zero-order valence-electron chi connectivity index (χ0n) is 10.1. The number of nitrogens with one attached hydrogen (secondary N) is 1. The molecule has 2 nitrogen and oxygen atoms in total. The van der Waals surface area contributed by atoms with Crippen LogP contribution in [0.4, 0.5) is 4.39 Å². The van der Waals surface area contributed by atoms with Gasteiger partial charge in [-0.25, -0.2) is 9.82 Å². The number of benzene rings is 1. The van der Waals surface area contributed by atoms with Crippen molar-refractivity contribution in [3.63, 3.8) is 0 Å². The lowest BCUT2D eigenvalue weighted by molar-refractivity contribution is 0.615. The van der Waals surface area contributed by atoms with Gasteiger partial charge in [-0.15, -0.1) is 11.3 Å². The summed E-state index contributed by atoms with van der Waals surface area (Å²) in [4.78, 5) is 1.11. The summed E-state index contributed by atoms with van der Waals surface area (Å²) in [5.41, 5.74) is 5.86. The molecule has 1 atom stereocenters. The second-order valence-electron chi connectivity index (χ2n) is 4.21. The van der Waals surface area contributed by atoms with Gasteiger partial charge in [0.25, 0.3) is 0 Å². The molecule has 1 aromatic carbocycles. The van der Waals surface area contributed by atoms with Crippen LogP contribution < -0.4 is 11.3 Å². The molecule has 0 bridgehead atoms. The summed E-state index contributed by atoms with van der Waals surface area (Å²) in [6.45, 7) is 3.92. The molecule has 0 fully saturated rings. The third-order valence-corrected chi connectivity index (χ3v) is 5.07. The maximum Gasteiger partial charge on any atom is 0.123 e. The fourth-order valence-electron chi connectivity index (χ4n) is 1.91. The van der Waals surface area contributed by atoms with Crippen LogP contribution in [0.25, 0.3) is 0 Å². The van der Waals surface area contributed by atoms with Crippen LogP contribution >= 0.6 is 27.3 Å². The van der Waals surface area contributed by atoms with Gasteiger partial charge >= 0.3 is 0 Å². The molecule has 0 aliphatic heterocycles. The molecule has 2 rings (SSSR count). The summed E-state index contributed by atoms with van der Waals surface area (Å²) < 4.78 is 14.2. The Balaban J connectivity index is 2.45. The van der Waals surface area contributed by atoms with Crippen molar-refractivity contribution in [2.24, 2.45) is 5.84 Å². The smallest absolute Gasteiger partial charge is 0.123 e. The van der Waals surface area contributed by atoms with Crippen molar-refractivity contribution in [3.8, 4) is 0 Å². The first-order chi connectivity index (χ1) is 8.52. The zero-order chi connectivity index (χ0) is 13.3. The van der Waals surface area contributed by atoms with Crippen molar-refractivity contribution >= 4 is 27.3 Å². The van der Waals surface area contributed by atoms with Gasteiger partial charge in [0.2, 0.25) is 0 Å². The van der Waals surface area contributed by atoms with Crippen molar-refractivity contribution in [2.45, 2.75) is 19.9 Å². The number of thiophene rings is 1. The van der Waals surface area contributed by atoms with E-state index in [-0.39, 0.29) is 11.9 Å². The molecule has 96 valence electrons. The minimum Gasteiger partial charge on any atom is -0.271 e. The molecule has 0 saturated carbocycles. The lowest BCUT2D eigenvalue weighted by atomic mass is 10.00. The van der Waals surface area contributed by atoms with E-state index in [4.69, 9.17) is 5.84 Å². The topological polar surface area (TPSA) is 38.0 Å². The summed E-state index contributed by atoms with van der Waals surface area (Å²) >= 11 is 5.14. The minimum absolute atomic E-state index is 0.111. The summed E-state index contributed by atoms with van der Waals surface area (Å²) in [5.74, 6) is 5.42. The number of hydrazine groups is 1. The summed E-state index contributed by atoms with van der Waals surface area (Å²) in [6, 6.07) is 6.73. The molecule has 1 heterocycles. The van der Waals surface area contributed by atoms with Crippen LogP contribution in [-0.4, -0.2) is 0 Å². The molecule has 18 heavy (non-hydrogen) atoms. The second-order valence-corrected chi connectivity index (χ2v) is 6.61. The Hall–Kier alpha value is -0.750. The Morgan fingerprint density at radius 2 is 2.00 bits per heavy atom. The van der Waals surface area contributed by atoms with Gasteiger partial charge in [0.15, 0.2) is 0 Å². The third kappa shape index (κ3) is 2.64. The first-order valence-corrected chi connectivity index (χ1v) is 7.12. The predicted octanol–water partition coefficient (Wildman–Crippen LogP) is 3.82. The molecule has 5 heteroatoms. The Labute approximate surface area is 118 Å². The normalized spacial score (nSPS) is 12.7. The van der Waals surface area contributed by atoms with Crippen molar-refractivity contribution in [2.75, 3.05) is 0 Å². The first kappa shape index (κ1) is 13.7. The standard InChI is InChI=1S/C13H14BrFN2S/c1-7-5-9(15)3-4-10(7)12(17-16)11-6-8(2)13(14)18-11/h3-6,12,17H,16H2,1-2H3. The second kappa shape index (κ2) is 5.48. The average Bonchev–Trinajstić information content (AvgIpc) is 2.63. The largest absolute Gasteiger partial charge is 0.271 e. The van der Waals surface area contributed by atoms with Gasteiger partial charge in [0.05, 0.1) is 9.83 Å². The SMILES string of the molecule is Cc1cc(F)ccc1C(NN)c1cc(C)c(Br)s1. The van der Waals surface area contributed by atoms with Crippen LogP contribution in [0.3, 0.4) is 0 Å². The highest BCUT2D eigenvalue weighted by atomic mass is 79.9. The third-order valence-electron chi connectivity index (χ3n) is 2.87. The van der Waals surface area contributed by atoms with Crippen molar-refractivity contribution < 1.29 is 4.39 Å². The number of halogens is 2. The molecule has 1 unspecified atom stereocenters. The fourth-order valence-corrected chi connectivity index (χ4v) is 3.56. The lowest BCUT2D eigenvalue weighted by Crippen LogP contribution is -2.28. The number of hydrogen-bond donors (Lipinski definition) is 2. The minimum atomic E-state index is -0.226. The summed E-state index contributed by atoms with van der Waals surface area (Å²) in [7, 11) is 0. The quantitative estimate of drug-likeness (QED) is 0.664. The van der Waals surface area contributed by atoms with Gasteiger partial charge in [-0.05, 0) is 64.7 Å². The number of aryl methyl sites for hydroxylation is 2. The van der Waals surface area contributed by atoms with Gasteiger partial charge < -0.3 is 0 Å². The molecular formula is C13H14BrFN2S. The number of nitrogens with two attached hydrogens (primary N) is 1. The van der Waals surface area contributed by atoms with Gasteiger partial charge in [0.1, 0.15) is 5.82 Å². The maximum absolute atomic E-state index is 13.1. The molecule has 0 amide bonds. The van der Waals surface area contributed by atoms with Gasteiger partial charge in [-0.3, -0.25) is 5.84 Å². The lowest BCUT2D eigenvalue weighted by Gasteiger charge is -2.17. The highest BCUT2D eigenvalue weighted by molar-refractivity contribution is 9.11. The van der Waals surface area contributed by atoms with Crippen molar-refractivity contribution in [1.82, 2.24) is 5.43 Å². The molecule has 2 aromatic rings. The van der Waals surface area contributed by atoms with E-state index < -0.39 is 0 Å². The van der Waals surface area contributed by atoms with E-state index in [1.165, 1.54) is 17.7 Å². The number of hydrogen-bond acceptors (Lipinski definition) is 3. The Bertz CT molecular complexity index is 549. The summed E-state index contributed by atoms with van der Waals surface area (Å²) in [6.07, 6.45) is 0. The van der Waals surface area contributed by atoms with Gasteiger partial charge in [0, 0.05) is 4.88 Å². The average molecular weight is 329 g/mol. The molecule has 3 N–H and O–H groups in total. The van der Waals surface area contributed by atoms with E-state index in [1.807, 2.05) is 13.8 Å². The van der Waals surface area contributed by atoms with Crippen molar-refractivity contribution in [1.29, 1.82) is 0 Å². The highest BCUT2D eigenvalue weighted by Crippen LogP contribution is 2.35. The van der Waals surface area contributed by atoms with Gasteiger partial charge in [-0.1, -0.05) is 6.07 Å². The molecule has 0 aliphatic rings. The van der Waals surface area contributed by atoms with Crippen LogP contribution in [0, 0.1) is 19.7 Å². The first-order valence-electron chi connectivity index (χ1n) is 5.51. The molecule has 0 saturated heterocycles. The molecule has 1 aromatic heterocycles. The van der Waals surface area contributed by atoms with Gasteiger partial charge in [-0.2, -0.15) is 0 Å². The fraction of sp³-hybridized carbons (Fsp3) is 0.231. The van der Waals surface area contributed by atoms with Crippen LogP contribution in [0.5, 0.6) is 0 Å². The Morgan fingerprint density at radius 1 is 1.28 bits per heavy atom. The van der Waals surface area contributed by atoms with Crippen LogP contribution in [0.15, 0.2) is 28.1 Å². The van der Waals surface area contributed by atoms with E-state index in [1.54, 1.807) is 17.4 Å². The monoisotopic (exact) mass is 328 g/mol. The highest BCUT2D eigenvalue weighted by Gasteiger charge is 2.18. The number of rotatable bonds is 3. The van der Waals surface area contributed by atoms with E-state index in [0.717, 1.165) is 19.8 Å². The van der Waals surface area contributed by atoms with E-state index >= 15 is 0 Å². The van der Waals surface area contributed by atoms with E-state index in [9.17, 15) is 4.39 Å². The van der Waals surface area contributed by atoms with Crippen LogP contribution in [-0.2, 0) is 0 Å². The van der Waals surface area contributed by atoms with Crippen LogP contribution in [0.1, 0.15) is 27.6 Å². The molecule has 0 aliphatic carbocycles. The summed E-state index contributed by atoms with van der Waals surface area (Å²) in [5, 5.41) is 0. The zero-order valence-corrected chi connectivity index (χ0v) is 12.5. The molecule has 0 spiro atoms. The van der Waals surface area contributed by atoms with E-state index in [2.05, 4.69) is 27.4 Å². The maximum atomic E-state index is 13.1. The molecule has 0 radical (unpaired) electrons. The Morgan fingerprint density at radius 3 is 2.50 bits per heavy atom. The Kier molecular flexibility index (Phi) is 4.17. The van der Waals surface area contributed by atoms with Crippen LogP contribution in [0.2, 0.25) is 0 Å².